The first-order valence-electron chi connectivity index (χ1n) is 9.11. The summed E-state index contributed by atoms with van der Waals surface area (Å²) in [5, 5.41) is 0. The summed E-state index contributed by atoms with van der Waals surface area (Å²) in [7, 11) is -1.53. The van der Waals surface area contributed by atoms with Gasteiger partial charge in [0.2, 0.25) is 0 Å². The van der Waals surface area contributed by atoms with Gasteiger partial charge in [-0.25, -0.2) is 13.2 Å². The van der Waals surface area contributed by atoms with Crippen LogP contribution in [-0.4, -0.2) is 63.0 Å². The molecule has 1 atom stereocenters. The van der Waals surface area contributed by atoms with Gasteiger partial charge in [0.25, 0.3) is 5.91 Å². The monoisotopic (exact) mass is 397 g/mol. The molecule has 1 aliphatic heterocycles. The van der Waals surface area contributed by atoms with Crippen molar-refractivity contribution in [2.75, 3.05) is 31.8 Å². The zero-order valence-electron chi connectivity index (χ0n) is 15.8. The van der Waals surface area contributed by atoms with Crippen LogP contribution in [0.5, 0.6) is 0 Å². The van der Waals surface area contributed by atoms with Gasteiger partial charge in [-0.15, -0.1) is 0 Å². The third kappa shape index (κ3) is 6.32. The number of ether oxygens (including phenoxy) is 2. The molecule has 0 spiro atoms. The quantitative estimate of drug-likeness (QED) is 0.590. The Morgan fingerprint density at radius 1 is 1.30 bits per heavy atom. The van der Waals surface area contributed by atoms with E-state index in [2.05, 4.69) is 0 Å². The predicted octanol–water partition coefficient (Wildman–Crippen LogP) is 1.81. The van der Waals surface area contributed by atoms with Crippen LogP contribution < -0.4 is 0 Å². The Balaban J connectivity index is 1.98. The van der Waals surface area contributed by atoms with Crippen molar-refractivity contribution in [1.29, 1.82) is 0 Å². The molecule has 1 amide bonds. The second-order valence-electron chi connectivity index (χ2n) is 6.71. The molecule has 0 radical (unpaired) electrons. The number of sulfone groups is 1. The summed E-state index contributed by atoms with van der Waals surface area (Å²) in [4.78, 5) is 26.4. The molecule has 0 saturated carbocycles. The van der Waals surface area contributed by atoms with Crippen molar-refractivity contribution < 1.29 is 27.5 Å². The van der Waals surface area contributed by atoms with Crippen molar-refractivity contribution in [2.45, 2.75) is 38.8 Å². The number of rotatable bonds is 9. The van der Waals surface area contributed by atoms with Crippen LogP contribution in [0.25, 0.3) is 0 Å². The second kappa shape index (κ2) is 9.85. The Morgan fingerprint density at radius 2 is 2.07 bits per heavy atom. The third-order valence-corrected chi connectivity index (χ3v) is 6.27. The average Bonchev–Trinajstić information content (AvgIpc) is 3.00. The maximum Gasteiger partial charge on any atom is 0.338 e. The van der Waals surface area contributed by atoms with E-state index in [-0.39, 0.29) is 23.5 Å². The molecule has 0 bridgehead atoms. The predicted molar refractivity (Wildman–Crippen MR) is 101 cm³/mol. The van der Waals surface area contributed by atoms with Gasteiger partial charge in [0.05, 0.1) is 23.7 Å². The molecule has 1 heterocycles. The van der Waals surface area contributed by atoms with E-state index in [1.165, 1.54) is 0 Å². The minimum Gasteiger partial charge on any atom is -0.452 e. The zero-order chi connectivity index (χ0) is 19.9. The van der Waals surface area contributed by atoms with E-state index in [1.54, 1.807) is 30.2 Å². The molecule has 1 unspecified atom stereocenters. The summed E-state index contributed by atoms with van der Waals surface area (Å²) >= 11 is 0. The van der Waals surface area contributed by atoms with Crippen LogP contribution in [0.4, 0.5) is 0 Å². The Labute approximate surface area is 160 Å². The van der Waals surface area contributed by atoms with Gasteiger partial charge in [-0.3, -0.25) is 4.79 Å². The molecule has 1 aromatic rings. The number of methoxy groups -OCH3 is 1. The van der Waals surface area contributed by atoms with Crippen LogP contribution in [0, 0.1) is 0 Å². The lowest BCUT2D eigenvalue weighted by atomic mass is 10.1. The van der Waals surface area contributed by atoms with Crippen LogP contribution in [-0.2, 0) is 30.7 Å². The minimum absolute atomic E-state index is 0.0184. The molecule has 2 rings (SSSR count). The summed E-state index contributed by atoms with van der Waals surface area (Å²) in [6, 6.07) is 6.50. The molecule has 1 saturated heterocycles. The SMILES string of the molecule is CCCCN(C(=O)COC(=O)c1cccc(COC)c1)C1CCS(=O)(=O)C1. The summed E-state index contributed by atoms with van der Waals surface area (Å²) in [6.07, 6.45) is 2.09. The number of hydrogen-bond donors (Lipinski definition) is 0. The fourth-order valence-corrected chi connectivity index (χ4v) is 4.84. The van der Waals surface area contributed by atoms with Gasteiger partial charge in [0, 0.05) is 19.7 Å². The molecule has 1 aromatic carbocycles. The standard InChI is InChI=1S/C19H27NO6S/c1-3-4-9-20(17-8-10-27(23,24)14-17)18(21)13-26-19(22)16-7-5-6-15(11-16)12-25-2/h5-7,11,17H,3-4,8-10,12-14H2,1-2H3. The Hall–Kier alpha value is -1.93. The molecule has 0 aromatic heterocycles. The maximum absolute atomic E-state index is 12.6. The topological polar surface area (TPSA) is 90.0 Å². The van der Waals surface area contributed by atoms with Crippen molar-refractivity contribution in [3.63, 3.8) is 0 Å². The van der Waals surface area contributed by atoms with Crippen molar-refractivity contribution in [3.05, 3.63) is 35.4 Å². The Bertz CT molecular complexity index is 761. The third-order valence-electron chi connectivity index (χ3n) is 4.52. The van der Waals surface area contributed by atoms with Gasteiger partial charge in [0.1, 0.15) is 0 Å². The van der Waals surface area contributed by atoms with Gasteiger partial charge in [0.15, 0.2) is 16.4 Å². The minimum atomic E-state index is -3.10. The van der Waals surface area contributed by atoms with E-state index in [9.17, 15) is 18.0 Å². The molecule has 0 aliphatic carbocycles. The van der Waals surface area contributed by atoms with E-state index in [0.717, 1.165) is 18.4 Å². The molecule has 0 N–H and O–H groups in total. The van der Waals surface area contributed by atoms with Gasteiger partial charge >= 0.3 is 5.97 Å². The first-order chi connectivity index (χ1) is 12.9. The largest absolute Gasteiger partial charge is 0.452 e. The van der Waals surface area contributed by atoms with Gasteiger partial charge in [-0.1, -0.05) is 25.5 Å². The molecule has 150 valence electrons. The zero-order valence-corrected chi connectivity index (χ0v) is 16.7. The average molecular weight is 397 g/mol. The highest BCUT2D eigenvalue weighted by Crippen LogP contribution is 2.19. The van der Waals surface area contributed by atoms with Gasteiger partial charge < -0.3 is 14.4 Å². The number of carbonyl (C=O) groups excluding carboxylic acids is 2. The number of benzene rings is 1. The molecule has 7 nitrogen and oxygen atoms in total. The van der Waals surface area contributed by atoms with E-state index in [1.807, 2.05) is 13.0 Å². The lowest BCUT2D eigenvalue weighted by molar-refractivity contribution is -0.136. The van der Waals surface area contributed by atoms with Crippen LogP contribution in [0.1, 0.15) is 42.1 Å². The highest BCUT2D eigenvalue weighted by molar-refractivity contribution is 7.91. The normalized spacial score (nSPS) is 18.2. The molecule has 1 aliphatic rings. The molecule has 1 fully saturated rings. The van der Waals surface area contributed by atoms with Crippen LogP contribution in [0.15, 0.2) is 24.3 Å². The molecule has 8 heteroatoms. The smallest absolute Gasteiger partial charge is 0.338 e. The first-order valence-corrected chi connectivity index (χ1v) is 10.9. The number of hydrogen-bond acceptors (Lipinski definition) is 6. The first kappa shape index (κ1) is 21.4. The van der Waals surface area contributed by atoms with Gasteiger partial charge in [-0.2, -0.15) is 0 Å². The van der Waals surface area contributed by atoms with Crippen molar-refractivity contribution in [2.24, 2.45) is 0 Å². The summed E-state index contributed by atoms with van der Waals surface area (Å²) < 4.78 is 33.7. The number of carbonyl (C=O) groups is 2. The second-order valence-corrected chi connectivity index (χ2v) is 8.94. The van der Waals surface area contributed by atoms with Crippen molar-refractivity contribution in [3.8, 4) is 0 Å². The van der Waals surface area contributed by atoms with Crippen LogP contribution in [0.3, 0.4) is 0 Å². The lowest BCUT2D eigenvalue weighted by Gasteiger charge is -2.28. The number of esters is 1. The molecular weight excluding hydrogens is 370 g/mol. The van der Waals surface area contributed by atoms with E-state index in [0.29, 0.717) is 25.1 Å². The number of amides is 1. The van der Waals surface area contributed by atoms with Gasteiger partial charge in [-0.05, 0) is 30.5 Å². The molecular formula is C19H27NO6S. The summed E-state index contributed by atoms with van der Waals surface area (Å²) in [5.74, 6) is -0.863. The number of nitrogens with zero attached hydrogens (tertiary/aromatic N) is 1. The maximum atomic E-state index is 12.6. The summed E-state index contributed by atoms with van der Waals surface area (Å²) in [5.41, 5.74) is 1.18. The summed E-state index contributed by atoms with van der Waals surface area (Å²) in [6.45, 7) is 2.45. The Kier molecular flexibility index (Phi) is 7.79. The fraction of sp³-hybridized carbons (Fsp3) is 0.579. The van der Waals surface area contributed by atoms with Crippen molar-refractivity contribution >= 4 is 21.7 Å². The van der Waals surface area contributed by atoms with E-state index >= 15 is 0 Å². The number of unbranched alkanes of at least 4 members (excludes halogenated alkanes) is 1. The highest BCUT2D eigenvalue weighted by atomic mass is 32.2. The van der Waals surface area contributed by atoms with E-state index < -0.39 is 22.4 Å². The van der Waals surface area contributed by atoms with Crippen molar-refractivity contribution in [1.82, 2.24) is 4.90 Å². The van der Waals surface area contributed by atoms with E-state index in [4.69, 9.17) is 9.47 Å². The fourth-order valence-electron chi connectivity index (χ4n) is 3.11. The Morgan fingerprint density at radius 3 is 2.70 bits per heavy atom. The molecule has 27 heavy (non-hydrogen) atoms. The van der Waals surface area contributed by atoms with Crippen LogP contribution >= 0.6 is 0 Å². The highest BCUT2D eigenvalue weighted by Gasteiger charge is 2.34. The van der Waals surface area contributed by atoms with Crippen LogP contribution in [0.2, 0.25) is 0 Å². The lowest BCUT2D eigenvalue weighted by Crippen LogP contribution is -2.43.